The van der Waals surface area contributed by atoms with E-state index in [9.17, 15) is 0 Å². The van der Waals surface area contributed by atoms with Gasteiger partial charge >= 0.3 is 0 Å². The van der Waals surface area contributed by atoms with E-state index in [4.69, 9.17) is 5.73 Å². The van der Waals surface area contributed by atoms with Gasteiger partial charge in [-0.1, -0.05) is 6.92 Å². The molecule has 2 heterocycles. The van der Waals surface area contributed by atoms with Gasteiger partial charge in [-0.05, 0) is 30.5 Å². The zero-order chi connectivity index (χ0) is 12.3. The van der Waals surface area contributed by atoms with E-state index in [0.29, 0.717) is 6.54 Å². The van der Waals surface area contributed by atoms with Crippen molar-refractivity contribution in [1.29, 1.82) is 0 Å². The number of hydrogen-bond acceptors (Lipinski definition) is 4. The van der Waals surface area contributed by atoms with E-state index in [0.717, 1.165) is 29.7 Å². The van der Waals surface area contributed by atoms with Crippen LogP contribution < -0.4 is 10.6 Å². The number of pyridine rings is 1. The van der Waals surface area contributed by atoms with Crippen molar-refractivity contribution in [2.24, 2.45) is 5.73 Å². The number of aryl methyl sites for hydroxylation is 1. The molecule has 1 aliphatic rings. The van der Waals surface area contributed by atoms with Gasteiger partial charge in [0.25, 0.3) is 0 Å². The van der Waals surface area contributed by atoms with E-state index in [2.05, 4.69) is 41.6 Å². The van der Waals surface area contributed by atoms with Crippen molar-refractivity contribution >= 4 is 17.6 Å². The zero-order valence-corrected chi connectivity index (χ0v) is 11.5. The topological polar surface area (TPSA) is 42.2 Å². The largest absolute Gasteiger partial charge is 0.354 e. The van der Waals surface area contributed by atoms with Crippen LogP contribution in [0, 0.1) is 6.92 Å². The first-order chi connectivity index (χ1) is 8.24. The van der Waals surface area contributed by atoms with E-state index in [1.54, 1.807) is 0 Å². The molecule has 2 rings (SSSR count). The van der Waals surface area contributed by atoms with Crippen molar-refractivity contribution in [3.8, 4) is 0 Å². The van der Waals surface area contributed by atoms with E-state index in [-0.39, 0.29) is 0 Å². The standard InChI is InChI=1S/C13H21N3S/c1-3-12-9-16(4-5-17-12)13-10(2)6-11(7-14)8-15-13/h6,8,12H,3-5,7,9,14H2,1-2H3. The summed E-state index contributed by atoms with van der Waals surface area (Å²) in [4.78, 5) is 7.00. The van der Waals surface area contributed by atoms with Gasteiger partial charge in [0.1, 0.15) is 5.82 Å². The van der Waals surface area contributed by atoms with Crippen molar-refractivity contribution in [1.82, 2.24) is 4.98 Å². The Kier molecular flexibility index (Phi) is 4.29. The number of rotatable bonds is 3. The lowest BCUT2D eigenvalue weighted by Gasteiger charge is -2.33. The highest BCUT2D eigenvalue weighted by atomic mass is 32.2. The molecule has 1 aromatic rings. The summed E-state index contributed by atoms with van der Waals surface area (Å²) >= 11 is 2.09. The lowest BCUT2D eigenvalue weighted by molar-refractivity contribution is 0.717. The molecule has 2 N–H and O–H groups in total. The van der Waals surface area contributed by atoms with Crippen molar-refractivity contribution in [2.45, 2.75) is 32.1 Å². The molecule has 1 saturated heterocycles. The van der Waals surface area contributed by atoms with Crippen LogP contribution in [0.1, 0.15) is 24.5 Å². The molecule has 3 nitrogen and oxygen atoms in total. The molecule has 0 spiro atoms. The summed E-state index contributed by atoms with van der Waals surface area (Å²) in [6.45, 7) is 7.19. The summed E-state index contributed by atoms with van der Waals surface area (Å²) in [5, 5.41) is 0.749. The molecule has 1 unspecified atom stereocenters. The highest BCUT2D eigenvalue weighted by Crippen LogP contribution is 2.26. The summed E-state index contributed by atoms with van der Waals surface area (Å²) in [6.07, 6.45) is 3.14. The van der Waals surface area contributed by atoms with Gasteiger partial charge in [0.05, 0.1) is 0 Å². The third-order valence-electron chi connectivity index (χ3n) is 3.24. The number of aromatic nitrogens is 1. The molecule has 0 amide bonds. The fraction of sp³-hybridized carbons (Fsp3) is 0.615. The van der Waals surface area contributed by atoms with E-state index in [1.807, 2.05) is 6.20 Å². The Hall–Kier alpha value is -0.740. The van der Waals surface area contributed by atoms with E-state index in [1.165, 1.54) is 17.7 Å². The normalized spacial score (nSPS) is 20.6. The molecule has 1 aromatic heterocycles. The first-order valence-corrected chi connectivity index (χ1v) is 7.31. The molecule has 0 bridgehead atoms. The minimum atomic E-state index is 0.571. The summed E-state index contributed by atoms with van der Waals surface area (Å²) in [7, 11) is 0. The zero-order valence-electron chi connectivity index (χ0n) is 10.6. The molecular formula is C13H21N3S. The van der Waals surface area contributed by atoms with Gasteiger partial charge in [0.2, 0.25) is 0 Å². The van der Waals surface area contributed by atoms with Crippen LogP contribution in [-0.4, -0.2) is 29.1 Å². The Bertz CT molecular complexity index is 381. The second-order valence-corrected chi connectivity index (χ2v) is 5.94. The summed E-state index contributed by atoms with van der Waals surface area (Å²) < 4.78 is 0. The number of thioether (sulfide) groups is 1. The molecule has 1 aliphatic heterocycles. The van der Waals surface area contributed by atoms with Crippen molar-refractivity contribution < 1.29 is 0 Å². The molecule has 0 aliphatic carbocycles. The van der Waals surface area contributed by atoms with Gasteiger partial charge in [-0.25, -0.2) is 4.98 Å². The first kappa shape index (κ1) is 12.7. The summed E-state index contributed by atoms with van der Waals surface area (Å²) in [5.41, 5.74) is 7.99. The average molecular weight is 251 g/mol. The quantitative estimate of drug-likeness (QED) is 0.894. The summed E-state index contributed by atoms with van der Waals surface area (Å²) in [5.74, 6) is 2.35. The van der Waals surface area contributed by atoms with Crippen molar-refractivity contribution in [3.63, 3.8) is 0 Å². The van der Waals surface area contributed by atoms with Crippen LogP contribution in [-0.2, 0) is 6.54 Å². The highest BCUT2D eigenvalue weighted by molar-refractivity contribution is 8.00. The maximum Gasteiger partial charge on any atom is 0.131 e. The predicted molar refractivity (Wildman–Crippen MR) is 75.6 cm³/mol. The third-order valence-corrected chi connectivity index (χ3v) is 4.61. The molecule has 1 fully saturated rings. The van der Waals surface area contributed by atoms with Gasteiger partial charge < -0.3 is 10.6 Å². The second-order valence-electron chi connectivity index (χ2n) is 4.54. The summed E-state index contributed by atoms with van der Waals surface area (Å²) in [6, 6.07) is 2.16. The molecule has 0 saturated carbocycles. The van der Waals surface area contributed by atoms with Gasteiger partial charge in [0, 0.05) is 36.8 Å². The van der Waals surface area contributed by atoms with Crippen LogP contribution in [0.25, 0.3) is 0 Å². The maximum atomic E-state index is 5.63. The molecule has 17 heavy (non-hydrogen) atoms. The monoisotopic (exact) mass is 251 g/mol. The van der Waals surface area contributed by atoms with E-state index >= 15 is 0 Å². The fourth-order valence-electron chi connectivity index (χ4n) is 2.23. The molecular weight excluding hydrogens is 230 g/mol. The fourth-order valence-corrected chi connectivity index (χ4v) is 3.41. The minimum Gasteiger partial charge on any atom is -0.354 e. The van der Waals surface area contributed by atoms with E-state index < -0.39 is 0 Å². The lowest BCUT2D eigenvalue weighted by atomic mass is 10.2. The number of hydrogen-bond donors (Lipinski definition) is 1. The van der Waals surface area contributed by atoms with Gasteiger partial charge in [-0.2, -0.15) is 11.8 Å². The molecule has 94 valence electrons. The van der Waals surface area contributed by atoms with Crippen LogP contribution in [0.2, 0.25) is 0 Å². The highest BCUT2D eigenvalue weighted by Gasteiger charge is 2.21. The smallest absolute Gasteiger partial charge is 0.131 e. The van der Waals surface area contributed by atoms with Crippen molar-refractivity contribution in [2.75, 3.05) is 23.7 Å². The van der Waals surface area contributed by atoms with Gasteiger partial charge in [-0.15, -0.1) is 0 Å². The second kappa shape index (κ2) is 5.74. The van der Waals surface area contributed by atoms with Crippen LogP contribution in [0.15, 0.2) is 12.3 Å². The van der Waals surface area contributed by atoms with Gasteiger partial charge in [-0.3, -0.25) is 0 Å². The SMILES string of the molecule is CCC1CN(c2ncc(CN)cc2C)CCS1. The van der Waals surface area contributed by atoms with Crippen LogP contribution in [0.4, 0.5) is 5.82 Å². The molecule has 0 aromatic carbocycles. The lowest BCUT2D eigenvalue weighted by Crippen LogP contribution is -2.38. The minimum absolute atomic E-state index is 0.571. The Morgan fingerprint density at radius 1 is 1.59 bits per heavy atom. The third kappa shape index (κ3) is 2.93. The van der Waals surface area contributed by atoms with Crippen LogP contribution >= 0.6 is 11.8 Å². The average Bonchev–Trinajstić information content (AvgIpc) is 2.38. The van der Waals surface area contributed by atoms with Crippen LogP contribution in [0.3, 0.4) is 0 Å². The molecule has 1 atom stereocenters. The first-order valence-electron chi connectivity index (χ1n) is 6.26. The maximum absolute atomic E-state index is 5.63. The molecule has 0 radical (unpaired) electrons. The Labute approximate surface area is 108 Å². The Morgan fingerprint density at radius 3 is 3.06 bits per heavy atom. The number of anilines is 1. The number of nitrogens with two attached hydrogens (primary N) is 1. The van der Waals surface area contributed by atoms with Crippen LogP contribution in [0.5, 0.6) is 0 Å². The predicted octanol–water partition coefficient (Wildman–Crippen LogP) is 2.18. The Morgan fingerprint density at radius 2 is 2.41 bits per heavy atom. The Balaban J connectivity index is 2.16. The van der Waals surface area contributed by atoms with Crippen molar-refractivity contribution in [3.05, 3.63) is 23.4 Å². The number of nitrogens with zero attached hydrogens (tertiary/aromatic N) is 2. The van der Waals surface area contributed by atoms with Gasteiger partial charge in [0.15, 0.2) is 0 Å². The molecule has 4 heteroatoms.